The average molecular weight is 240 g/mol. The van der Waals surface area contributed by atoms with E-state index in [4.69, 9.17) is 10.2 Å². The molecule has 16 heavy (non-hydrogen) atoms. The van der Waals surface area contributed by atoms with E-state index in [9.17, 15) is 0 Å². The summed E-state index contributed by atoms with van der Waals surface area (Å²) in [4.78, 5) is 0. The summed E-state index contributed by atoms with van der Waals surface area (Å²) in [5.74, 6) is 1.00. The maximum Gasteiger partial charge on any atom is 0.134 e. The van der Waals surface area contributed by atoms with Gasteiger partial charge in [0.2, 0.25) is 0 Å². The van der Waals surface area contributed by atoms with Crippen molar-refractivity contribution in [2.24, 2.45) is 5.73 Å². The number of fused-ring (bicyclic) bond motifs is 1. The van der Waals surface area contributed by atoms with Crippen molar-refractivity contribution < 1.29 is 4.42 Å². The maximum atomic E-state index is 5.98. The van der Waals surface area contributed by atoms with Crippen molar-refractivity contribution in [2.75, 3.05) is 0 Å². The number of nitrogens with two attached hydrogens (primary N) is 1. The van der Waals surface area contributed by atoms with Crippen molar-refractivity contribution >= 4 is 23.4 Å². The second-order valence-corrected chi connectivity index (χ2v) is 4.01. The first-order valence-electron chi connectivity index (χ1n) is 5.45. The predicted octanol–water partition coefficient (Wildman–Crippen LogP) is 3.44. The Bertz CT molecular complexity index is 464. The molecule has 1 aromatic heterocycles. The van der Waals surface area contributed by atoms with Crippen LogP contribution in [0.1, 0.15) is 24.7 Å². The molecule has 0 aliphatic rings. The Kier molecular flexibility index (Phi) is 4.39. The van der Waals surface area contributed by atoms with Gasteiger partial charge in [0.15, 0.2) is 0 Å². The average Bonchev–Trinajstić information content (AvgIpc) is 2.55. The lowest BCUT2D eigenvalue weighted by Gasteiger charge is -2.07. The fraction of sp³-hybridized carbons (Fsp3) is 0.385. The topological polar surface area (TPSA) is 39.2 Å². The molecule has 0 amide bonds. The van der Waals surface area contributed by atoms with Crippen LogP contribution >= 0.6 is 12.4 Å². The van der Waals surface area contributed by atoms with Crippen molar-refractivity contribution in [1.29, 1.82) is 0 Å². The zero-order valence-corrected chi connectivity index (χ0v) is 10.5. The number of para-hydroxylation sites is 1. The van der Waals surface area contributed by atoms with Crippen LogP contribution in [0.5, 0.6) is 0 Å². The monoisotopic (exact) mass is 239 g/mol. The van der Waals surface area contributed by atoms with E-state index in [-0.39, 0.29) is 18.4 Å². The van der Waals surface area contributed by atoms with Crippen LogP contribution in [0.2, 0.25) is 0 Å². The van der Waals surface area contributed by atoms with Gasteiger partial charge in [-0.3, -0.25) is 0 Å². The fourth-order valence-corrected chi connectivity index (χ4v) is 1.88. The van der Waals surface area contributed by atoms with Crippen LogP contribution in [0.25, 0.3) is 11.0 Å². The Morgan fingerprint density at radius 2 is 2.00 bits per heavy atom. The lowest BCUT2D eigenvalue weighted by atomic mass is 10.0. The zero-order valence-electron chi connectivity index (χ0n) is 9.69. The van der Waals surface area contributed by atoms with E-state index in [1.54, 1.807) is 0 Å². The van der Waals surface area contributed by atoms with Crippen LogP contribution in [0.15, 0.2) is 28.7 Å². The molecule has 1 heterocycles. The van der Waals surface area contributed by atoms with Crippen LogP contribution in [0.4, 0.5) is 0 Å². The minimum Gasteiger partial charge on any atom is -0.461 e. The van der Waals surface area contributed by atoms with Gasteiger partial charge in [-0.15, -0.1) is 12.4 Å². The molecule has 0 saturated heterocycles. The normalized spacial score (nSPS) is 12.4. The van der Waals surface area contributed by atoms with Crippen molar-refractivity contribution in [2.45, 2.75) is 32.7 Å². The highest BCUT2D eigenvalue weighted by molar-refractivity contribution is 5.85. The van der Waals surface area contributed by atoms with Gasteiger partial charge in [0.1, 0.15) is 11.3 Å². The Balaban J connectivity index is 0.00000128. The van der Waals surface area contributed by atoms with E-state index in [0.29, 0.717) is 0 Å². The number of aryl methyl sites for hydroxylation is 1. The van der Waals surface area contributed by atoms with E-state index in [0.717, 1.165) is 24.2 Å². The highest BCUT2D eigenvalue weighted by Gasteiger charge is 2.12. The molecule has 1 aromatic carbocycles. The van der Waals surface area contributed by atoms with E-state index in [1.807, 2.05) is 25.1 Å². The van der Waals surface area contributed by atoms with Gasteiger partial charge < -0.3 is 10.2 Å². The molecule has 1 unspecified atom stereocenters. The summed E-state index contributed by atoms with van der Waals surface area (Å²) in [7, 11) is 0. The summed E-state index contributed by atoms with van der Waals surface area (Å²) >= 11 is 0. The van der Waals surface area contributed by atoms with Crippen molar-refractivity contribution in [3.63, 3.8) is 0 Å². The standard InChI is InChI=1S/C13H17NO.ClH/c1-3-10(14)8-12-9(2)15-13-7-5-4-6-11(12)13;/h4-7,10H,3,8,14H2,1-2H3;1H. The highest BCUT2D eigenvalue weighted by Crippen LogP contribution is 2.26. The summed E-state index contributed by atoms with van der Waals surface area (Å²) in [6.45, 7) is 4.12. The van der Waals surface area contributed by atoms with Crippen molar-refractivity contribution in [1.82, 2.24) is 0 Å². The molecule has 2 N–H and O–H groups in total. The molecule has 2 nitrogen and oxygen atoms in total. The predicted molar refractivity (Wildman–Crippen MR) is 70.2 cm³/mol. The largest absolute Gasteiger partial charge is 0.461 e. The van der Waals surface area contributed by atoms with Crippen LogP contribution < -0.4 is 5.73 Å². The van der Waals surface area contributed by atoms with E-state index in [2.05, 4.69) is 13.0 Å². The van der Waals surface area contributed by atoms with Gasteiger partial charge in [-0.25, -0.2) is 0 Å². The molecule has 0 aliphatic heterocycles. The quantitative estimate of drug-likeness (QED) is 0.891. The van der Waals surface area contributed by atoms with Crippen LogP contribution in [-0.2, 0) is 6.42 Å². The molecule has 3 heteroatoms. The number of furan rings is 1. The van der Waals surface area contributed by atoms with E-state index in [1.165, 1.54) is 10.9 Å². The lowest BCUT2D eigenvalue weighted by Crippen LogP contribution is -2.21. The van der Waals surface area contributed by atoms with Crippen LogP contribution in [0.3, 0.4) is 0 Å². The molecule has 1 atom stereocenters. The van der Waals surface area contributed by atoms with Crippen molar-refractivity contribution in [3.8, 4) is 0 Å². The van der Waals surface area contributed by atoms with Gasteiger partial charge >= 0.3 is 0 Å². The second-order valence-electron chi connectivity index (χ2n) is 4.01. The minimum absolute atomic E-state index is 0. The van der Waals surface area contributed by atoms with Crippen molar-refractivity contribution in [3.05, 3.63) is 35.6 Å². The number of hydrogen-bond donors (Lipinski definition) is 1. The number of rotatable bonds is 3. The molecule has 0 bridgehead atoms. The maximum absolute atomic E-state index is 5.98. The summed E-state index contributed by atoms with van der Waals surface area (Å²) < 4.78 is 5.69. The molecule has 0 aliphatic carbocycles. The summed E-state index contributed by atoms with van der Waals surface area (Å²) in [6, 6.07) is 8.37. The minimum atomic E-state index is 0. The Labute approximate surface area is 102 Å². The smallest absolute Gasteiger partial charge is 0.134 e. The zero-order chi connectivity index (χ0) is 10.8. The second kappa shape index (κ2) is 5.37. The Morgan fingerprint density at radius 3 is 2.69 bits per heavy atom. The molecule has 0 fully saturated rings. The molecule has 2 aromatic rings. The Morgan fingerprint density at radius 1 is 1.31 bits per heavy atom. The third-order valence-electron chi connectivity index (χ3n) is 2.89. The Hall–Kier alpha value is -0.990. The summed E-state index contributed by atoms with van der Waals surface area (Å²) in [6.07, 6.45) is 1.90. The first kappa shape index (κ1) is 13.1. The highest BCUT2D eigenvalue weighted by atomic mass is 35.5. The molecule has 88 valence electrons. The molecule has 0 spiro atoms. The number of halogens is 1. The molecular formula is C13H18ClNO. The van der Waals surface area contributed by atoms with Crippen LogP contribution in [0, 0.1) is 6.92 Å². The SMILES string of the molecule is CCC(N)Cc1c(C)oc2ccccc12.Cl. The van der Waals surface area contributed by atoms with Gasteiger partial charge in [-0.05, 0) is 25.8 Å². The first-order chi connectivity index (χ1) is 7.22. The van der Waals surface area contributed by atoms with Crippen LogP contribution in [-0.4, -0.2) is 6.04 Å². The van der Waals surface area contributed by atoms with Gasteiger partial charge in [-0.2, -0.15) is 0 Å². The lowest BCUT2D eigenvalue weighted by molar-refractivity contribution is 0.562. The molecule has 2 rings (SSSR count). The van der Waals surface area contributed by atoms with Gasteiger partial charge in [0.25, 0.3) is 0 Å². The molecule has 0 saturated carbocycles. The third-order valence-corrected chi connectivity index (χ3v) is 2.89. The third kappa shape index (κ3) is 2.39. The summed E-state index contributed by atoms with van der Waals surface area (Å²) in [5.41, 5.74) is 8.21. The van der Waals surface area contributed by atoms with E-state index >= 15 is 0 Å². The summed E-state index contributed by atoms with van der Waals surface area (Å²) in [5, 5.41) is 1.21. The number of benzene rings is 1. The van der Waals surface area contributed by atoms with Gasteiger partial charge in [0, 0.05) is 17.0 Å². The molecule has 0 radical (unpaired) electrons. The van der Waals surface area contributed by atoms with Gasteiger partial charge in [0.05, 0.1) is 0 Å². The number of hydrogen-bond acceptors (Lipinski definition) is 2. The first-order valence-corrected chi connectivity index (χ1v) is 5.45. The van der Waals surface area contributed by atoms with E-state index < -0.39 is 0 Å². The van der Waals surface area contributed by atoms with Gasteiger partial charge in [-0.1, -0.05) is 25.1 Å². The fourth-order valence-electron chi connectivity index (χ4n) is 1.88. The molecular weight excluding hydrogens is 222 g/mol.